The molecule has 0 aromatic rings. The van der Waals surface area contributed by atoms with Gasteiger partial charge in [-0.25, -0.2) is 0 Å². The number of carboxylic acid groups (broad SMARTS) is 1. The van der Waals surface area contributed by atoms with Crippen LogP contribution in [0.3, 0.4) is 0 Å². The number of rotatable bonds is 7. The van der Waals surface area contributed by atoms with Gasteiger partial charge in [-0.3, -0.25) is 9.59 Å². The molecule has 3 N–H and O–H groups in total. The highest BCUT2D eigenvalue weighted by molar-refractivity contribution is 5.83. The largest absolute Gasteiger partial charge is 0.481 e. The van der Waals surface area contributed by atoms with Gasteiger partial charge in [0.2, 0.25) is 5.91 Å². The number of aliphatic carboxylic acids is 1. The molecule has 0 saturated carbocycles. The lowest BCUT2D eigenvalue weighted by molar-refractivity contribution is -0.143. The molecule has 1 amide bonds. The standard InChI is InChI=1S/C15H28N2O3/c1-4-6-15(7-5-8-16-10-15)14(20)17-9-12(11(2)3)13(18)19/h11-12,16H,4-10H2,1-3H3,(H,17,20)(H,18,19). The lowest BCUT2D eigenvalue weighted by atomic mass is 9.76. The van der Waals surface area contributed by atoms with Crippen molar-refractivity contribution in [1.29, 1.82) is 0 Å². The molecule has 1 saturated heterocycles. The monoisotopic (exact) mass is 284 g/mol. The highest BCUT2D eigenvalue weighted by Gasteiger charge is 2.39. The summed E-state index contributed by atoms with van der Waals surface area (Å²) in [4.78, 5) is 23.7. The smallest absolute Gasteiger partial charge is 0.308 e. The summed E-state index contributed by atoms with van der Waals surface area (Å²) in [6.45, 7) is 7.70. The Labute approximate surface area is 121 Å². The predicted octanol–water partition coefficient (Wildman–Crippen LogP) is 1.63. The predicted molar refractivity (Wildman–Crippen MR) is 78.4 cm³/mol. The zero-order valence-electron chi connectivity index (χ0n) is 12.9. The van der Waals surface area contributed by atoms with Gasteiger partial charge in [-0.2, -0.15) is 0 Å². The Morgan fingerprint density at radius 2 is 2.10 bits per heavy atom. The quantitative estimate of drug-likeness (QED) is 0.664. The average molecular weight is 284 g/mol. The molecule has 0 bridgehead atoms. The van der Waals surface area contributed by atoms with Crippen molar-refractivity contribution in [2.24, 2.45) is 17.3 Å². The van der Waals surface area contributed by atoms with Gasteiger partial charge in [0.1, 0.15) is 0 Å². The van der Waals surface area contributed by atoms with Crippen molar-refractivity contribution in [2.75, 3.05) is 19.6 Å². The first-order valence-electron chi connectivity index (χ1n) is 7.65. The van der Waals surface area contributed by atoms with Gasteiger partial charge in [-0.1, -0.05) is 27.2 Å². The van der Waals surface area contributed by atoms with Crippen molar-refractivity contribution in [3.63, 3.8) is 0 Å². The normalized spacial score (nSPS) is 24.4. The molecule has 1 rings (SSSR count). The summed E-state index contributed by atoms with van der Waals surface area (Å²) in [5.41, 5.74) is -0.354. The van der Waals surface area contributed by atoms with E-state index in [1.807, 2.05) is 13.8 Å². The van der Waals surface area contributed by atoms with Crippen molar-refractivity contribution < 1.29 is 14.7 Å². The second kappa shape index (κ2) is 7.62. The molecule has 0 aromatic carbocycles. The molecule has 0 radical (unpaired) electrons. The van der Waals surface area contributed by atoms with Crippen molar-refractivity contribution in [3.8, 4) is 0 Å². The lowest BCUT2D eigenvalue weighted by Gasteiger charge is -2.36. The summed E-state index contributed by atoms with van der Waals surface area (Å²) in [6.07, 6.45) is 3.70. The van der Waals surface area contributed by atoms with Crippen molar-refractivity contribution in [2.45, 2.75) is 46.5 Å². The zero-order chi connectivity index (χ0) is 15.2. The van der Waals surface area contributed by atoms with Gasteiger partial charge in [0.25, 0.3) is 0 Å². The minimum Gasteiger partial charge on any atom is -0.481 e. The van der Waals surface area contributed by atoms with Crippen LogP contribution in [0.25, 0.3) is 0 Å². The maximum atomic E-state index is 12.5. The van der Waals surface area contributed by atoms with Crippen LogP contribution in [0.2, 0.25) is 0 Å². The van der Waals surface area contributed by atoms with E-state index in [9.17, 15) is 14.7 Å². The van der Waals surface area contributed by atoms with Crippen molar-refractivity contribution in [3.05, 3.63) is 0 Å². The Morgan fingerprint density at radius 3 is 2.55 bits per heavy atom. The number of hydrogen-bond acceptors (Lipinski definition) is 3. The fourth-order valence-corrected chi connectivity index (χ4v) is 2.97. The van der Waals surface area contributed by atoms with Crippen molar-refractivity contribution >= 4 is 11.9 Å². The van der Waals surface area contributed by atoms with Crippen LogP contribution < -0.4 is 10.6 Å². The molecule has 2 atom stereocenters. The van der Waals surface area contributed by atoms with Crippen molar-refractivity contribution in [1.82, 2.24) is 10.6 Å². The molecule has 5 heteroatoms. The molecule has 0 spiro atoms. The molecule has 116 valence electrons. The third-order valence-corrected chi connectivity index (χ3v) is 4.29. The van der Waals surface area contributed by atoms with Gasteiger partial charge < -0.3 is 15.7 Å². The van der Waals surface area contributed by atoms with Gasteiger partial charge in [0.05, 0.1) is 11.3 Å². The topological polar surface area (TPSA) is 78.4 Å². The maximum Gasteiger partial charge on any atom is 0.308 e. The molecule has 1 heterocycles. The molecule has 1 aliphatic heterocycles. The second-order valence-electron chi connectivity index (χ2n) is 6.21. The van der Waals surface area contributed by atoms with Gasteiger partial charge in [-0.15, -0.1) is 0 Å². The van der Waals surface area contributed by atoms with E-state index in [1.165, 1.54) is 0 Å². The number of carbonyl (C=O) groups excluding carboxylic acids is 1. The van der Waals surface area contributed by atoms with E-state index in [2.05, 4.69) is 17.6 Å². The van der Waals surface area contributed by atoms with E-state index >= 15 is 0 Å². The van der Waals surface area contributed by atoms with Crippen LogP contribution in [0.4, 0.5) is 0 Å². The van der Waals surface area contributed by atoms with Crippen LogP contribution in [0.5, 0.6) is 0 Å². The molecule has 5 nitrogen and oxygen atoms in total. The van der Waals surface area contributed by atoms with Crippen LogP contribution in [-0.4, -0.2) is 36.6 Å². The Balaban J connectivity index is 2.64. The molecular formula is C15H28N2O3. The Morgan fingerprint density at radius 1 is 1.40 bits per heavy atom. The van der Waals surface area contributed by atoms with Gasteiger partial charge in [0, 0.05) is 13.1 Å². The highest BCUT2D eigenvalue weighted by Crippen LogP contribution is 2.32. The van der Waals surface area contributed by atoms with E-state index in [4.69, 9.17) is 0 Å². The van der Waals surface area contributed by atoms with Crippen LogP contribution in [0, 0.1) is 17.3 Å². The summed E-state index contributed by atoms with van der Waals surface area (Å²) in [5, 5.41) is 15.3. The molecular weight excluding hydrogens is 256 g/mol. The Kier molecular flexibility index (Phi) is 6.46. The number of piperidine rings is 1. The summed E-state index contributed by atoms with van der Waals surface area (Å²) >= 11 is 0. The minimum absolute atomic E-state index is 0.0125. The fourth-order valence-electron chi connectivity index (χ4n) is 2.97. The number of nitrogens with one attached hydrogen (secondary N) is 2. The van der Waals surface area contributed by atoms with Gasteiger partial charge in [0.15, 0.2) is 0 Å². The maximum absolute atomic E-state index is 12.5. The van der Waals surface area contributed by atoms with E-state index in [1.54, 1.807) is 0 Å². The van der Waals surface area contributed by atoms with E-state index in [0.29, 0.717) is 6.54 Å². The van der Waals surface area contributed by atoms with E-state index < -0.39 is 11.9 Å². The van der Waals surface area contributed by atoms with Crippen LogP contribution in [0.1, 0.15) is 46.5 Å². The summed E-state index contributed by atoms with van der Waals surface area (Å²) in [6, 6.07) is 0. The summed E-state index contributed by atoms with van der Waals surface area (Å²) in [5.74, 6) is -1.33. The Hall–Kier alpha value is -1.10. The first-order valence-corrected chi connectivity index (χ1v) is 7.65. The highest BCUT2D eigenvalue weighted by atomic mass is 16.4. The van der Waals surface area contributed by atoms with Crippen LogP contribution in [-0.2, 0) is 9.59 Å². The van der Waals surface area contributed by atoms with Gasteiger partial charge >= 0.3 is 5.97 Å². The molecule has 0 aliphatic carbocycles. The van der Waals surface area contributed by atoms with Crippen LogP contribution in [0.15, 0.2) is 0 Å². The third kappa shape index (κ3) is 4.20. The summed E-state index contributed by atoms with van der Waals surface area (Å²) in [7, 11) is 0. The lowest BCUT2D eigenvalue weighted by Crippen LogP contribution is -2.51. The molecule has 1 fully saturated rings. The average Bonchev–Trinajstić information content (AvgIpc) is 2.39. The number of hydrogen-bond donors (Lipinski definition) is 3. The SMILES string of the molecule is CCCC1(C(=O)NCC(C(=O)O)C(C)C)CCCNC1. The number of carboxylic acids is 1. The minimum atomic E-state index is -0.841. The van der Waals surface area contributed by atoms with E-state index in [0.717, 1.165) is 32.2 Å². The van der Waals surface area contributed by atoms with Gasteiger partial charge in [-0.05, 0) is 31.7 Å². The molecule has 2 unspecified atom stereocenters. The number of amides is 1. The second-order valence-corrected chi connectivity index (χ2v) is 6.21. The molecule has 0 aromatic heterocycles. The fraction of sp³-hybridized carbons (Fsp3) is 0.867. The zero-order valence-corrected chi connectivity index (χ0v) is 12.9. The molecule has 20 heavy (non-hydrogen) atoms. The number of carbonyl (C=O) groups is 2. The summed E-state index contributed by atoms with van der Waals surface area (Å²) < 4.78 is 0. The Bertz CT molecular complexity index is 331. The van der Waals surface area contributed by atoms with E-state index in [-0.39, 0.29) is 23.8 Å². The first kappa shape index (κ1) is 17.0. The third-order valence-electron chi connectivity index (χ3n) is 4.29. The van der Waals surface area contributed by atoms with Crippen LogP contribution >= 0.6 is 0 Å². The molecule has 1 aliphatic rings. The first-order chi connectivity index (χ1) is 9.43.